The van der Waals surface area contributed by atoms with E-state index in [0.29, 0.717) is 5.75 Å². The average molecular weight is 237 g/mol. The van der Waals surface area contributed by atoms with Crippen molar-refractivity contribution in [1.82, 2.24) is 0 Å². The molecule has 0 aromatic heterocycles. The van der Waals surface area contributed by atoms with E-state index in [2.05, 4.69) is 5.32 Å². The van der Waals surface area contributed by atoms with E-state index < -0.39 is 5.60 Å². The highest BCUT2D eigenvalue weighted by Crippen LogP contribution is 2.22. The van der Waals surface area contributed by atoms with Gasteiger partial charge in [-0.1, -0.05) is 12.1 Å². The van der Waals surface area contributed by atoms with Gasteiger partial charge < -0.3 is 14.8 Å². The second kappa shape index (κ2) is 5.57. The second-order valence-corrected chi connectivity index (χ2v) is 4.64. The standard InChI is InChI=1S/C13H19NO3/c1-13(2,3)17-12(15)9-14-10-7-5-6-8-11(10)16-4/h5-8,14H,9H2,1-4H3. The first-order chi connectivity index (χ1) is 7.92. The van der Waals surface area contributed by atoms with Gasteiger partial charge in [0.25, 0.3) is 0 Å². The van der Waals surface area contributed by atoms with Crippen molar-refractivity contribution in [3.63, 3.8) is 0 Å². The Morgan fingerprint density at radius 1 is 1.29 bits per heavy atom. The normalized spacial score (nSPS) is 10.8. The number of anilines is 1. The van der Waals surface area contributed by atoms with Crippen LogP contribution in [0.3, 0.4) is 0 Å². The van der Waals surface area contributed by atoms with Crippen molar-refractivity contribution in [1.29, 1.82) is 0 Å². The lowest BCUT2D eigenvalue weighted by molar-refractivity contribution is -0.152. The van der Waals surface area contributed by atoms with Crippen molar-refractivity contribution < 1.29 is 14.3 Å². The molecule has 0 saturated carbocycles. The summed E-state index contributed by atoms with van der Waals surface area (Å²) in [6.45, 7) is 5.65. The molecule has 0 aliphatic heterocycles. The number of benzene rings is 1. The summed E-state index contributed by atoms with van der Waals surface area (Å²) in [5.41, 5.74) is 0.320. The lowest BCUT2D eigenvalue weighted by Gasteiger charge is -2.20. The molecule has 0 aliphatic carbocycles. The quantitative estimate of drug-likeness (QED) is 0.817. The Morgan fingerprint density at radius 2 is 1.94 bits per heavy atom. The first-order valence-electron chi connectivity index (χ1n) is 5.51. The van der Waals surface area contributed by atoms with E-state index in [1.165, 1.54) is 0 Å². The van der Waals surface area contributed by atoms with Crippen LogP contribution in [0.4, 0.5) is 5.69 Å². The van der Waals surface area contributed by atoms with Crippen molar-refractivity contribution in [2.75, 3.05) is 19.0 Å². The minimum absolute atomic E-state index is 0.123. The van der Waals surface area contributed by atoms with Gasteiger partial charge in [0.2, 0.25) is 0 Å². The maximum Gasteiger partial charge on any atom is 0.325 e. The van der Waals surface area contributed by atoms with Gasteiger partial charge in [0, 0.05) is 0 Å². The molecule has 0 saturated heterocycles. The topological polar surface area (TPSA) is 47.6 Å². The number of rotatable bonds is 4. The number of carbonyl (C=O) groups is 1. The molecule has 4 heteroatoms. The summed E-state index contributed by atoms with van der Waals surface area (Å²) in [4.78, 5) is 11.5. The molecular weight excluding hydrogens is 218 g/mol. The number of hydrogen-bond acceptors (Lipinski definition) is 4. The van der Waals surface area contributed by atoms with Crippen LogP contribution in [0.5, 0.6) is 5.75 Å². The molecule has 94 valence electrons. The number of esters is 1. The zero-order chi connectivity index (χ0) is 12.9. The van der Waals surface area contributed by atoms with Crippen LogP contribution in [0, 0.1) is 0 Å². The average Bonchev–Trinajstić information content (AvgIpc) is 2.24. The number of nitrogens with one attached hydrogen (secondary N) is 1. The molecule has 1 aromatic rings. The first-order valence-corrected chi connectivity index (χ1v) is 5.51. The highest BCUT2D eigenvalue weighted by Gasteiger charge is 2.16. The Hall–Kier alpha value is -1.71. The molecule has 0 aliphatic rings. The zero-order valence-electron chi connectivity index (χ0n) is 10.7. The molecule has 0 radical (unpaired) electrons. The van der Waals surface area contributed by atoms with E-state index in [-0.39, 0.29) is 12.5 Å². The summed E-state index contributed by atoms with van der Waals surface area (Å²) in [6.07, 6.45) is 0. The molecule has 0 unspecified atom stereocenters. The van der Waals surface area contributed by atoms with Crippen molar-refractivity contribution in [2.45, 2.75) is 26.4 Å². The van der Waals surface area contributed by atoms with E-state index in [1.54, 1.807) is 7.11 Å². The Bertz CT molecular complexity index is 382. The van der Waals surface area contributed by atoms with Crippen molar-refractivity contribution in [2.24, 2.45) is 0 Å². The maximum atomic E-state index is 11.5. The largest absolute Gasteiger partial charge is 0.495 e. The predicted molar refractivity (Wildman–Crippen MR) is 67.3 cm³/mol. The van der Waals surface area contributed by atoms with Crippen LogP contribution in [0.1, 0.15) is 20.8 Å². The molecule has 1 N–H and O–H groups in total. The van der Waals surface area contributed by atoms with Crippen LogP contribution in [0.2, 0.25) is 0 Å². The predicted octanol–water partition coefficient (Wildman–Crippen LogP) is 2.45. The van der Waals surface area contributed by atoms with Gasteiger partial charge in [0.1, 0.15) is 17.9 Å². The van der Waals surface area contributed by atoms with Crippen molar-refractivity contribution in [3.8, 4) is 5.75 Å². The third-order valence-electron chi connectivity index (χ3n) is 1.95. The summed E-state index contributed by atoms with van der Waals surface area (Å²) in [7, 11) is 1.59. The number of para-hydroxylation sites is 2. The van der Waals surface area contributed by atoms with Gasteiger partial charge in [-0.15, -0.1) is 0 Å². The monoisotopic (exact) mass is 237 g/mol. The van der Waals surface area contributed by atoms with Gasteiger partial charge in [-0.2, -0.15) is 0 Å². The maximum absolute atomic E-state index is 11.5. The van der Waals surface area contributed by atoms with Crippen LogP contribution in [0.25, 0.3) is 0 Å². The molecule has 0 fully saturated rings. The van der Waals surface area contributed by atoms with Gasteiger partial charge >= 0.3 is 5.97 Å². The minimum atomic E-state index is -0.459. The van der Waals surface area contributed by atoms with E-state index in [0.717, 1.165) is 5.69 Å². The van der Waals surface area contributed by atoms with Crippen LogP contribution in [-0.4, -0.2) is 25.2 Å². The van der Waals surface area contributed by atoms with Crippen molar-refractivity contribution >= 4 is 11.7 Å². The van der Waals surface area contributed by atoms with Crippen LogP contribution in [0.15, 0.2) is 24.3 Å². The van der Waals surface area contributed by atoms with E-state index in [9.17, 15) is 4.79 Å². The molecule has 0 heterocycles. The Balaban J connectivity index is 2.53. The zero-order valence-corrected chi connectivity index (χ0v) is 10.7. The fourth-order valence-corrected chi connectivity index (χ4v) is 1.34. The van der Waals surface area contributed by atoms with Gasteiger partial charge in [0.15, 0.2) is 0 Å². The Kier molecular flexibility index (Phi) is 4.37. The fraction of sp³-hybridized carbons (Fsp3) is 0.462. The molecule has 17 heavy (non-hydrogen) atoms. The molecule has 0 amide bonds. The van der Waals surface area contributed by atoms with Crippen molar-refractivity contribution in [3.05, 3.63) is 24.3 Å². The highest BCUT2D eigenvalue weighted by atomic mass is 16.6. The molecule has 0 spiro atoms. The van der Waals surface area contributed by atoms with Crippen LogP contribution in [-0.2, 0) is 9.53 Å². The minimum Gasteiger partial charge on any atom is -0.495 e. The summed E-state index contributed by atoms with van der Waals surface area (Å²) in [5, 5.41) is 2.99. The van der Waals surface area contributed by atoms with E-state index in [1.807, 2.05) is 45.0 Å². The van der Waals surface area contributed by atoms with Gasteiger partial charge in [-0.05, 0) is 32.9 Å². The lowest BCUT2D eigenvalue weighted by Crippen LogP contribution is -2.28. The molecule has 4 nitrogen and oxygen atoms in total. The number of hydrogen-bond donors (Lipinski definition) is 1. The Labute approximate surface area is 102 Å². The van der Waals surface area contributed by atoms with Gasteiger partial charge in [0.05, 0.1) is 12.8 Å². The molecule has 1 aromatic carbocycles. The van der Waals surface area contributed by atoms with E-state index in [4.69, 9.17) is 9.47 Å². The third kappa shape index (κ3) is 4.76. The van der Waals surface area contributed by atoms with Gasteiger partial charge in [-0.25, -0.2) is 0 Å². The Morgan fingerprint density at radius 3 is 2.53 bits per heavy atom. The fourth-order valence-electron chi connectivity index (χ4n) is 1.34. The van der Waals surface area contributed by atoms with Crippen LogP contribution >= 0.6 is 0 Å². The number of methoxy groups -OCH3 is 1. The van der Waals surface area contributed by atoms with Crippen LogP contribution < -0.4 is 10.1 Å². The molecule has 0 atom stereocenters. The number of ether oxygens (including phenoxy) is 2. The summed E-state index contributed by atoms with van der Waals surface area (Å²) in [6, 6.07) is 7.43. The SMILES string of the molecule is COc1ccccc1NCC(=O)OC(C)(C)C. The smallest absolute Gasteiger partial charge is 0.325 e. The highest BCUT2D eigenvalue weighted by molar-refractivity contribution is 5.76. The van der Waals surface area contributed by atoms with Gasteiger partial charge in [-0.3, -0.25) is 4.79 Å². The summed E-state index contributed by atoms with van der Waals surface area (Å²) < 4.78 is 10.4. The third-order valence-corrected chi connectivity index (χ3v) is 1.95. The number of carbonyl (C=O) groups excluding carboxylic acids is 1. The van der Waals surface area contributed by atoms with E-state index >= 15 is 0 Å². The molecule has 1 rings (SSSR count). The summed E-state index contributed by atoms with van der Waals surface area (Å²) >= 11 is 0. The lowest BCUT2D eigenvalue weighted by atomic mass is 10.2. The second-order valence-electron chi connectivity index (χ2n) is 4.64. The summed E-state index contributed by atoms with van der Waals surface area (Å²) in [5.74, 6) is 0.416. The first kappa shape index (κ1) is 13.4. The molecule has 0 bridgehead atoms. The molecular formula is C13H19NO3.